The molecule has 1 aliphatic rings. The number of rotatable bonds is 5. The molecule has 3 heterocycles. The van der Waals surface area contributed by atoms with Crippen LogP contribution in [0.1, 0.15) is 25.0 Å². The Morgan fingerprint density at radius 1 is 0.491 bits per heavy atom. The van der Waals surface area contributed by atoms with Crippen LogP contribution in [0.25, 0.3) is 99.7 Å². The minimum atomic E-state index is -0.209. The van der Waals surface area contributed by atoms with Gasteiger partial charge in [0, 0.05) is 32.9 Å². The first-order valence-electron chi connectivity index (χ1n) is 18.4. The van der Waals surface area contributed by atoms with E-state index in [9.17, 15) is 0 Å². The smallest absolute Gasteiger partial charge is 0.164 e. The summed E-state index contributed by atoms with van der Waals surface area (Å²) in [5.74, 6) is 1.89. The molecule has 0 atom stereocenters. The Morgan fingerprint density at radius 2 is 1.15 bits per heavy atom. The molecule has 6 heteroatoms. The zero-order valence-corrected chi connectivity index (χ0v) is 30.9. The third kappa shape index (κ3) is 5.06. The predicted octanol–water partition coefficient (Wildman–Crippen LogP) is 13.0. The standard InChI is InChI=1S/C49H32N4OS/c1-49(2)39-26-32(20-21-35(39)36-22-23-42-45(44(36)49)50-28-55-42)38-25-34(27-41-43(38)37-18-9-10-19-40(37)54-41)31-16-11-17-33(24-31)48-52-46(29-12-5-3-6-13-29)51-47(53-48)30-14-7-4-8-15-30/h3-28H,1-2H3. The van der Waals surface area contributed by atoms with Gasteiger partial charge in [0.05, 0.1) is 15.7 Å². The number of aromatic nitrogens is 4. The topological polar surface area (TPSA) is 64.7 Å². The molecule has 0 saturated heterocycles. The van der Waals surface area contributed by atoms with Crippen LogP contribution in [0, 0.1) is 0 Å². The third-order valence-electron chi connectivity index (χ3n) is 11.1. The van der Waals surface area contributed by atoms with Gasteiger partial charge in [0.15, 0.2) is 17.5 Å². The summed E-state index contributed by atoms with van der Waals surface area (Å²) in [5.41, 5.74) is 16.9. The number of thiazole rings is 1. The number of benzene rings is 7. The molecule has 0 bridgehead atoms. The Kier molecular flexibility index (Phi) is 7.00. The average Bonchev–Trinajstić information content (AvgIpc) is 3.93. The molecular formula is C49H32N4OS. The van der Waals surface area contributed by atoms with Gasteiger partial charge in [-0.15, -0.1) is 11.3 Å². The summed E-state index contributed by atoms with van der Waals surface area (Å²) in [6.07, 6.45) is 0. The average molecular weight is 725 g/mol. The fraction of sp³-hybridized carbons (Fsp3) is 0.0612. The molecule has 5 nitrogen and oxygen atoms in total. The first-order valence-corrected chi connectivity index (χ1v) is 19.3. The molecule has 0 radical (unpaired) electrons. The van der Waals surface area contributed by atoms with Gasteiger partial charge in [-0.2, -0.15) is 0 Å². The Morgan fingerprint density at radius 3 is 1.91 bits per heavy atom. The highest BCUT2D eigenvalue weighted by Gasteiger charge is 2.38. The Hall–Kier alpha value is -6.76. The summed E-state index contributed by atoms with van der Waals surface area (Å²) in [5, 5.41) is 2.22. The van der Waals surface area contributed by atoms with Crippen molar-refractivity contribution in [3.05, 3.63) is 168 Å². The van der Waals surface area contributed by atoms with E-state index >= 15 is 0 Å². The van der Waals surface area contributed by atoms with Crippen LogP contribution in [0.2, 0.25) is 0 Å². The van der Waals surface area contributed by atoms with Crippen LogP contribution in [-0.4, -0.2) is 19.9 Å². The van der Waals surface area contributed by atoms with Crippen molar-refractivity contribution in [1.82, 2.24) is 19.9 Å². The summed E-state index contributed by atoms with van der Waals surface area (Å²) in [6, 6.07) is 52.9. The molecule has 11 rings (SSSR count). The van der Waals surface area contributed by atoms with Crippen molar-refractivity contribution in [2.45, 2.75) is 19.3 Å². The number of furan rings is 1. The Bertz CT molecular complexity index is 3070. The lowest BCUT2D eigenvalue weighted by Gasteiger charge is -2.22. The van der Waals surface area contributed by atoms with E-state index in [2.05, 4.69) is 98.8 Å². The van der Waals surface area contributed by atoms with E-state index in [0.717, 1.165) is 66.4 Å². The van der Waals surface area contributed by atoms with E-state index in [-0.39, 0.29) is 5.41 Å². The largest absolute Gasteiger partial charge is 0.456 e. The fourth-order valence-corrected chi connectivity index (χ4v) is 9.10. The van der Waals surface area contributed by atoms with Gasteiger partial charge < -0.3 is 4.42 Å². The molecule has 0 amide bonds. The normalized spacial score (nSPS) is 13.1. The van der Waals surface area contributed by atoms with Crippen LogP contribution < -0.4 is 0 Å². The van der Waals surface area contributed by atoms with E-state index in [1.165, 1.54) is 27.0 Å². The first-order chi connectivity index (χ1) is 27.0. The van der Waals surface area contributed by atoms with Crippen molar-refractivity contribution in [2.24, 2.45) is 0 Å². The van der Waals surface area contributed by atoms with Gasteiger partial charge in [-0.25, -0.2) is 19.9 Å². The Labute approximate surface area is 321 Å². The van der Waals surface area contributed by atoms with Gasteiger partial charge in [0.2, 0.25) is 0 Å². The molecule has 3 aromatic heterocycles. The molecule has 55 heavy (non-hydrogen) atoms. The van der Waals surface area contributed by atoms with Gasteiger partial charge in [-0.3, -0.25) is 0 Å². The highest BCUT2D eigenvalue weighted by atomic mass is 32.1. The number of fused-ring (bicyclic) bond motifs is 8. The van der Waals surface area contributed by atoms with Crippen molar-refractivity contribution in [2.75, 3.05) is 0 Å². The number of nitrogens with zero attached hydrogens (tertiary/aromatic N) is 4. The molecular weight excluding hydrogens is 693 g/mol. The van der Waals surface area contributed by atoms with E-state index in [4.69, 9.17) is 24.4 Å². The second-order valence-corrected chi connectivity index (χ2v) is 15.6. The number of hydrogen-bond acceptors (Lipinski definition) is 6. The maximum Gasteiger partial charge on any atom is 0.164 e. The highest BCUT2D eigenvalue weighted by molar-refractivity contribution is 7.16. The summed E-state index contributed by atoms with van der Waals surface area (Å²) >= 11 is 1.70. The molecule has 0 N–H and O–H groups in total. The number of para-hydroxylation sites is 1. The zero-order chi connectivity index (χ0) is 36.7. The van der Waals surface area contributed by atoms with E-state index in [1.54, 1.807) is 11.3 Å². The predicted molar refractivity (Wildman–Crippen MR) is 225 cm³/mol. The van der Waals surface area contributed by atoms with Crippen LogP contribution >= 0.6 is 11.3 Å². The summed E-state index contributed by atoms with van der Waals surface area (Å²) in [7, 11) is 0. The molecule has 1 aliphatic carbocycles. The van der Waals surface area contributed by atoms with Gasteiger partial charge in [-0.1, -0.05) is 129 Å². The molecule has 260 valence electrons. The molecule has 0 spiro atoms. The van der Waals surface area contributed by atoms with Gasteiger partial charge >= 0.3 is 0 Å². The van der Waals surface area contributed by atoms with Crippen molar-refractivity contribution in [1.29, 1.82) is 0 Å². The minimum absolute atomic E-state index is 0.209. The monoisotopic (exact) mass is 724 g/mol. The van der Waals surface area contributed by atoms with Crippen LogP contribution in [0.3, 0.4) is 0 Å². The van der Waals surface area contributed by atoms with Crippen LogP contribution in [-0.2, 0) is 5.41 Å². The minimum Gasteiger partial charge on any atom is -0.456 e. The van der Waals surface area contributed by atoms with Crippen molar-refractivity contribution < 1.29 is 4.42 Å². The van der Waals surface area contributed by atoms with Gasteiger partial charge in [0.25, 0.3) is 0 Å². The second kappa shape index (κ2) is 12.1. The molecule has 0 aliphatic heterocycles. The fourth-order valence-electron chi connectivity index (χ4n) is 8.41. The van der Waals surface area contributed by atoms with E-state index < -0.39 is 0 Å². The lowest BCUT2D eigenvalue weighted by atomic mass is 9.81. The highest BCUT2D eigenvalue weighted by Crippen LogP contribution is 2.53. The maximum atomic E-state index is 6.60. The third-order valence-corrected chi connectivity index (χ3v) is 11.8. The number of hydrogen-bond donors (Lipinski definition) is 0. The summed E-state index contributed by atoms with van der Waals surface area (Å²) < 4.78 is 7.83. The van der Waals surface area contributed by atoms with Crippen molar-refractivity contribution in [3.8, 4) is 67.5 Å². The first kappa shape index (κ1) is 31.7. The zero-order valence-electron chi connectivity index (χ0n) is 30.1. The van der Waals surface area contributed by atoms with Gasteiger partial charge in [-0.05, 0) is 80.9 Å². The van der Waals surface area contributed by atoms with Gasteiger partial charge in [0.1, 0.15) is 11.2 Å². The molecule has 0 unspecified atom stereocenters. The van der Waals surface area contributed by atoms with E-state index in [0.29, 0.717) is 17.5 Å². The van der Waals surface area contributed by atoms with E-state index in [1.807, 2.05) is 72.2 Å². The Balaban J connectivity index is 1.08. The molecule has 7 aromatic carbocycles. The second-order valence-electron chi connectivity index (χ2n) is 14.7. The molecule has 10 aromatic rings. The SMILES string of the molecule is CC1(C)c2cc(-c3cc(-c4cccc(-c5nc(-c6ccccc6)nc(-c6ccccc6)n5)c4)cc4oc5ccccc5c34)ccc2-c2ccc3scnc3c21. The quantitative estimate of drug-likeness (QED) is 0.177. The van der Waals surface area contributed by atoms with Crippen molar-refractivity contribution >= 4 is 43.5 Å². The lowest BCUT2D eigenvalue weighted by Crippen LogP contribution is -2.15. The van der Waals surface area contributed by atoms with Crippen LogP contribution in [0.4, 0.5) is 0 Å². The summed E-state index contributed by atoms with van der Waals surface area (Å²) in [6.45, 7) is 4.66. The summed E-state index contributed by atoms with van der Waals surface area (Å²) in [4.78, 5) is 19.8. The van der Waals surface area contributed by atoms with Crippen LogP contribution in [0.15, 0.2) is 162 Å². The lowest BCUT2D eigenvalue weighted by molar-refractivity contribution is 0.665. The molecule has 0 saturated carbocycles. The van der Waals surface area contributed by atoms with Crippen LogP contribution in [0.5, 0.6) is 0 Å². The maximum absolute atomic E-state index is 6.60. The molecule has 0 fully saturated rings. The van der Waals surface area contributed by atoms with Crippen molar-refractivity contribution in [3.63, 3.8) is 0 Å².